The fourth-order valence-corrected chi connectivity index (χ4v) is 8.38. The van der Waals surface area contributed by atoms with Gasteiger partial charge in [0.1, 0.15) is 5.65 Å². The van der Waals surface area contributed by atoms with Crippen LogP contribution in [0, 0.1) is 0 Å². The molecule has 2 aromatic heterocycles. The van der Waals surface area contributed by atoms with E-state index in [1.54, 1.807) is 0 Å². The Labute approximate surface area is 282 Å². The van der Waals surface area contributed by atoms with Crippen molar-refractivity contribution in [2.24, 2.45) is 0 Å². The third kappa shape index (κ3) is 3.74. The Bertz CT molecular complexity index is 3110. The van der Waals surface area contributed by atoms with Gasteiger partial charge in [0.05, 0.1) is 16.6 Å². The van der Waals surface area contributed by atoms with Crippen LogP contribution in [0.4, 0.5) is 0 Å². The predicted molar refractivity (Wildman–Crippen MR) is 209 cm³/mol. The lowest BCUT2D eigenvalue weighted by atomic mass is 9.85. The van der Waals surface area contributed by atoms with Crippen molar-refractivity contribution < 1.29 is 0 Å². The van der Waals surface area contributed by atoms with Crippen molar-refractivity contribution in [3.8, 4) is 22.3 Å². The van der Waals surface area contributed by atoms with Crippen molar-refractivity contribution in [1.29, 1.82) is 0 Å². The van der Waals surface area contributed by atoms with Gasteiger partial charge in [0.25, 0.3) is 0 Å². The molecule has 226 valence electrons. The van der Waals surface area contributed by atoms with E-state index >= 15 is 0 Å². The molecule has 0 bridgehead atoms. The van der Waals surface area contributed by atoms with Crippen LogP contribution < -0.4 is 0 Å². The van der Waals surface area contributed by atoms with Gasteiger partial charge < -0.3 is 0 Å². The van der Waals surface area contributed by atoms with E-state index in [-0.39, 0.29) is 0 Å². The molecule has 11 aromatic rings. The highest BCUT2D eigenvalue weighted by molar-refractivity contribution is 6.26. The van der Waals surface area contributed by atoms with Gasteiger partial charge in [0, 0.05) is 16.2 Å². The minimum absolute atomic E-state index is 0.998. The molecule has 0 fully saturated rings. The number of rotatable bonds is 2. The summed E-state index contributed by atoms with van der Waals surface area (Å²) in [5.74, 6) is 0. The minimum atomic E-state index is 0.998. The lowest BCUT2D eigenvalue weighted by molar-refractivity contribution is 1.32. The Hall–Kier alpha value is -6.51. The maximum Gasteiger partial charge on any atom is 0.146 e. The monoisotopic (exact) mass is 620 g/mol. The number of nitrogens with zero attached hydrogens (tertiary/aromatic N) is 2. The van der Waals surface area contributed by atoms with Gasteiger partial charge in [-0.2, -0.15) is 0 Å². The van der Waals surface area contributed by atoms with Gasteiger partial charge in [-0.3, -0.25) is 4.40 Å². The fraction of sp³-hybridized carbons (Fsp3) is 0. The van der Waals surface area contributed by atoms with E-state index in [9.17, 15) is 0 Å². The van der Waals surface area contributed by atoms with Crippen molar-refractivity contribution in [2.45, 2.75) is 0 Å². The van der Waals surface area contributed by atoms with Gasteiger partial charge in [0.15, 0.2) is 0 Å². The van der Waals surface area contributed by atoms with Crippen molar-refractivity contribution >= 4 is 81.4 Å². The van der Waals surface area contributed by atoms with Crippen LogP contribution in [0.5, 0.6) is 0 Å². The molecule has 0 amide bonds. The summed E-state index contributed by atoms with van der Waals surface area (Å²) in [4.78, 5) is 5.18. The van der Waals surface area contributed by atoms with Crippen LogP contribution in [0.1, 0.15) is 0 Å². The van der Waals surface area contributed by atoms with Crippen LogP contribution in [-0.2, 0) is 0 Å². The second kappa shape index (κ2) is 10.00. The molecule has 11 rings (SSSR count). The van der Waals surface area contributed by atoms with Gasteiger partial charge >= 0.3 is 0 Å². The summed E-state index contributed by atoms with van der Waals surface area (Å²) in [5, 5.41) is 13.7. The molecule has 2 nitrogen and oxygen atoms in total. The smallest absolute Gasteiger partial charge is 0.146 e. The molecule has 0 aliphatic carbocycles. The highest BCUT2D eigenvalue weighted by Crippen LogP contribution is 2.46. The van der Waals surface area contributed by atoms with Crippen molar-refractivity contribution in [1.82, 2.24) is 9.38 Å². The fourth-order valence-electron chi connectivity index (χ4n) is 8.38. The molecule has 0 radical (unpaired) electrons. The highest BCUT2D eigenvalue weighted by atomic mass is 15.0. The second-order valence-corrected chi connectivity index (χ2v) is 13.1. The van der Waals surface area contributed by atoms with Crippen LogP contribution in [0.25, 0.3) is 104 Å². The predicted octanol–water partition coefficient (Wildman–Crippen LogP) is 12.7. The molecule has 49 heavy (non-hydrogen) atoms. The first-order valence-electron chi connectivity index (χ1n) is 16.9. The summed E-state index contributed by atoms with van der Waals surface area (Å²) in [7, 11) is 0. The molecule has 2 heteroatoms. The van der Waals surface area contributed by atoms with Crippen LogP contribution in [0.3, 0.4) is 0 Å². The quantitative estimate of drug-likeness (QED) is 0.139. The first kappa shape index (κ1) is 26.5. The summed E-state index contributed by atoms with van der Waals surface area (Å²) in [6.07, 6.45) is 0. The number of para-hydroxylation sites is 2. The Morgan fingerprint density at radius 2 is 0.898 bits per heavy atom. The van der Waals surface area contributed by atoms with Gasteiger partial charge in [-0.15, -0.1) is 0 Å². The van der Waals surface area contributed by atoms with E-state index in [0.29, 0.717) is 0 Å². The number of imidazole rings is 1. The summed E-state index contributed by atoms with van der Waals surface area (Å²) >= 11 is 0. The van der Waals surface area contributed by atoms with Crippen LogP contribution in [0.15, 0.2) is 170 Å². The molecule has 2 heterocycles. The zero-order valence-electron chi connectivity index (χ0n) is 26.6. The molecule has 0 aliphatic rings. The Balaban J connectivity index is 1.29. The Morgan fingerprint density at radius 1 is 0.347 bits per heavy atom. The molecule has 9 aromatic carbocycles. The summed E-state index contributed by atoms with van der Waals surface area (Å²) in [6, 6.07) is 62.2. The Kier molecular flexibility index (Phi) is 5.42. The molecular weight excluding hydrogens is 593 g/mol. The first-order chi connectivity index (χ1) is 24.3. The molecule has 0 aliphatic heterocycles. The number of fused-ring (bicyclic) bond motifs is 13. The maximum absolute atomic E-state index is 5.18. The highest BCUT2D eigenvalue weighted by Gasteiger charge is 2.20. The summed E-state index contributed by atoms with van der Waals surface area (Å²) < 4.78 is 2.35. The normalized spacial score (nSPS) is 12.1. The topological polar surface area (TPSA) is 17.3 Å². The number of pyridine rings is 1. The molecular formula is C47H28N2. The van der Waals surface area contributed by atoms with Crippen molar-refractivity contribution in [3.05, 3.63) is 170 Å². The zero-order chi connectivity index (χ0) is 32.1. The number of aromatic nitrogens is 2. The van der Waals surface area contributed by atoms with Crippen LogP contribution >= 0.6 is 0 Å². The molecule has 0 atom stereocenters. The number of hydrogen-bond acceptors (Lipinski definition) is 1. The van der Waals surface area contributed by atoms with E-state index in [0.717, 1.165) is 22.2 Å². The minimum Gasteiger partial charge on any atom is -0.292 e. The average molecular weight is 621 g/mol. The first-order valence-corrected chi connectivity index (χ1v) is 16.9. The largest absolute Gasteiger partial charge is 0.292 e. The lowest BCUT2D eigenvalue weighted by Crippen LogP contribution is -1.94. The van der Waals surface area contributed by atoms with Crippen molar-refractivity contribution in [2.75, 3.05) is 0 Å². The second-order valence-electron chi connectivity index (χ2n) is 13.1. The van der Waals surface area contributed by atoms with Crippen LogP contribution in [0.2, 0.25) is 0 Å². The third-order valence-corrected chi connectivity index (χ3v) is 10.5. The van der Waals surface area contributed by atoms with E-state index in [1.807, 2.05) is 0 Å². The third-order valence-electron chi connectivity index (χ3n) is 10.5. The lowest BCUT2D eigenvalue weighted by Gasteiger charge is -2.19. The number of benzene rings is 9. The maximum atomic E-state index is 5.18. The van der Waals surface area contributed by atoms with Crippen molar-refractivity contribution in [3.63, 3.8) is 0 Å². The van der Waals surface area contributed by atoms with Crippen LogP contribution in [-0.4, -0.2) is 9.38 Å². The summed E-state index contributed by atoms with van der Waals surface area (Å²) in [6.45, 7) is 0. The molecule has 0 saturated heterocycles. The van der Waals surface area contributed by atoms with Gasteiger partial charge in [-0.05, 0) is 102 Å². The van der Waals surface area contributed by atoms with E-state index in [1.165, 1.54) is 81.5 Å². The number of hydrogen-bond donors (Lipinski definition) is 0. The van der Waals surface area contributed by atoms with Gasteiger partial charge in [0.2, 0.25) is 0 Å². The average Bonchev–Trinajstić information content (AvgIpc) is 3.56. The van der Waals surface area contributed by atoms with Gasteiger partial charge in [-0.1, -0.05) is 133 Å². The standard InChI is InChI=1S/C47H28N2/c1-2-13-31-27-32(22-21-29(31)11-1)44-35-15-5-7-17-37(35)45(38-18-8-6-16-36(38)44)33-24-26-42-40(28-33)46-34-14-4-3-12-30(34)23-25-39(46)47-48-41-19-9-10-20-43(41)49(42)47/h1-28H. The SMILES string of the molecule is c1ccc2cc(-c3c4ccccc4c(-c4ccc5c(c4)c4c6ccccc6ccc4c4nc6ccccc6n54)c4ccccc34)ccc2c1. The molecule has 0 N–H and O–H groups in total. The van der Waals surface area contributed by atoms with E-state index in [4.69, 9.17) is 4.98 Å². The van der Waals surface area contributed by atoms with Gasteiger partial charge in [-0.25, -0.2) is 4.98 Å². The van der Waals surface area contributed by atoms with E-state index < -0.39 is 0 Å². The Morgan fingerprint density at radius 3 is 1.63 bits per heavy atom. The van der Waals surface area contributed by atoms with E-state index in [2.05, 4.69) is 174 Å². The summed E-state index contributed by atoms with van der Waals surface area (Å²) in [5.41, 5.74) is 9.29. The zero-order valence-corrected chi connectivity index (χ0v) is 26.6. The molecule has 0 spiro atoms. The molecule has 0 unspecified atom stereocenters. The molecule has 0 saturated carbocycles.